The van der Waals surface area contributed by atoms with Gasteiger partial charge in [-0.3, -0.25) is 9.78 Å². The molecule has 192 valence electrons. The molecule has 4 aromatic rings. The van der Waals surface area contributed by atoms with Crippen LogP contribution >= 0.6 is 0 Å². The average molecular weight is 507 g/mol. The van der Waals surface area contributed by atoms with Crippen LogP contribution in [0.4, 0.5) is 5.82 Å². The Kier molecular flexibility index (Phi) is 7.09. The predicted molar refractivity (Wildman–Crippen MR) is 148 cm³/mol. The van der Waals surface area contributed by atoms with Crippen molar-refractivity contribution in [3.63, 3.8) is 0 Å². The third-order valence-electron chi connectivity index (χ3n) is 6.68. The largest absolute Gasteiger partial charge is 0.456 e. The highest BCUT2D eigenvalue weighted by Crippen LogP contribution is 2.38. The molecule has 0 atom stereocenters. The first-order chi connectivity index (χ1) is 18.5. The van der Waals surface area contributed by atoms with E-state index in [9.17, 15) is 4.79 Å². The number of nitrogen functional groups attached to an aromatic ring is 1. The van der Waals surface area contributed by atoms with Crippen LogP contribution in [0, 0.1) is 17.8 Å². The van der Waals surface area contributed by atoms with Gasteiger partial charge in [0.05, 0.1) is 17.3 Å². The first-order valence-electron chi connectivity index (χ1n) is 12.7. The molecule has 1 aliphatic heterocycles. The molecule has 1 aromatic carbocycles. The first kappa shape index (κ1) is 25.0. The van der Waals surface area contributed by atoms with E-state index < -0.39 is 0 Å². The Labute approximate surface area is 222 Å². The van der Waals surface area contributed by atoms with Gasteiger partial charge in [0, 0.05) is 30.6 Å². The Bertz CT molecular complexity index is 1520. The van der Waals surface area contributed by atoms with Crippen LogP contribution in [-0.4, -0.2) is 43.4 Å². The minimum Gasteiger partial charge on any atom is -0.456 e. The topological polar surface area (TPSA) is 99.2 Å². The van der Waals surface area contributed by atoms with Crippen LogP contribution in [0.2, 0.25) is 0 Å². The molecule has 1 saturated heterocycles. The second-order valence-electron chi connectivity index (χ2n) is 9.51. The standard InChI is InChI=1S/C30H30N6O2/c1-4-26(37)35-16-14-21(15-17-35)10-13-25-27(28-29(31)33-19-34-30(28)36(25)20(2)3)24-12-11-23(18-32-24)38-22-8-6-5-7-9-22/h4-9,11-12,18-21H,1,14-17H2,2-3H3,(H2,31,33,34). The number of aromatic nitrogens is 4. The lowest BCUT2D eigenvalue weighted by Crippen LogP contribution is -2.37. The van der Waals surface area contributed by atoms with Crippen LogP contribution in [0.3, 0.4) is 0 Å². The quantitative estimate of drug-likeness (QED) is 0.294. The highest BCUT2D eigenvalue weighted by molar-refractivity contribution is 6.03. The van der Waals surface area contributed by atoms with E-state index in [4.69, 9.17) is 15.5 Å². The van der Waals surface area contributed by atoms with E-state index in [0.29, 0.717) is 30.4 Å². The number of carbonyl (C=O) groups excluding carboxylic acids is 1. The van der Waals surface area contributed by atoms with Crippen LogP contribution < -0.4 is 10.5 Å². The van der Waals surface area contributed by atoms with Gasteiger partial charge in [0.15, 0.2) is 0 Å². The highest BCUT2D eigenvalue weighted by Gasteiger charge is 2.24. The van der Waals surface area contributed by atoms with Crippen molar-refractivity contribution in [2.75, 3.05) is 18.8 Å². The van der Waals surface area contributed by atoms with Crippen LogP contribution in [0.5, 0.6) is 11.5 Å². The number of fused-ring (bicyclic) bond motifs is 1. The summed E-state index contributed by atoms with van der Waals surface area (Å²) in [5.74, 6) is 8.82. The molecule has 5 rings (SSSR count). The summed E-state index contributed by atoms with van der Waals surface area (Å²) < 4.78 is 8.03. The van der Waals surface area contributed by atoms with Gasteiger partial charge in [-0.05, 0) is 63.0 Å². The van der Waals surface area contributed by atoms with Crippen LogP contribution in [0.1, 0.15) is 38.4 Å². The van der Waals surface area contributed by atoms with E-state index in [0.717, 1.165) is 40.9 Å². The summed E-state index contributed by atoms with van der Waals surface area (Å²) in [6, 6.07) is 13.5. The molecule has 2 N–H and O–H groups in total. The monoisotopic (exact) mass is 506 g/mol. The van der Waals surface area contributed by atoms with Crippen molar-refractivity contribution in [2.45, 2.75) is 32.7 Å². The number of hydrogen-bond acceptors (Lipinski definition) is 6. The van der Waals surface area contributed by atoms with Crippen LogP contribution in [0.15, 0.2) is 67.6 Å². The number of anilines is 1. The van der Waals surface area contributed by atoms with Gasteiger partial charge in [-0.2, -0.15) is 0 Å². The highest BCUT2D eigenvalue weighted by atomic mass is 16.5. The zero-order valence-electron chi connectivity index (χ0n) is 21.6. The van der Waals surface area contributed by atoms with Gasteiger partial charge in [-0.1, -0.05) is 30.7 Å². The molecule has 8 nitrogen and oxygen atoms in total. The average Bonchev–Trinajstić information content (AvgIpc) is 3.28. The summed E-state index contributed by atoms with van der Waals surface area (Å²) in [4.78, 5) is 27.4. The van der Waals surface area contributed by atoms with E-state index in [1.165, 1.54) is 12.4 Å². The Morgan fingerprint density at radius 1 is 1.11 bits per heavy atom. The molecule has 1 aliphatic rings. The number of rotatable bonds is 5. The second kappa shape index (κ2) is 10.8. The first-order valence-corrected chi connectivity index (χ1v) is 12.7. The lowest BCUT2D eigenvalue weighted by atomic mass is 9.97. The van der Waals surface area contributed by atoms with Crippen molar-refractivity contribution in [1.82, 2.24) is 24.4 Å². The number of nitrogens with zero attached hydrogens (tertiary/aromatic N) is 5. The van der Waals surface area contributed by atoms with Gasteiger partial charge in [-0.15, -0.1) is 0 Å². The molecule has 0 bridgehead atoms. The van der Waals surface area contributed by atoms with Crippen LogP contribution in [0.25, 0.3) is 22.3 Å². The number of para-hydroxylation sites is 1. The minimum atomic E-state index is -0.0292. The smallest absolute Gasteiger partial charge is 0.245 e. The third kappa shape index (κ3) is 4.96. The van der Waals surface area contributed by atoms with E-state index in [1.54, 1.807) is 6.20 Å². The molecule has 0 radical (unpaired) electrons. The summed E-state index contributed by atoms with van der Waals surface area (Å²) >= 11 is 0. The number of benzene rings is 1. The predicted octanol–water partition coefficient (Wildman–Crippen LogP) is 5.22. The molecule has 8 heteroatoms. The van der Waals surface area contributed by atoms with Gasteiger partial charge in [-0.25, -0.2) is 9.97 Å². The van der Waals surface area contributed by atoms with Crippen LogP contribution in [-0.2, 0) is 4.79 Å². The maximum Gasteiger partial charge on any atom is 0.245 e. The molecule has 4 heterocycles. The molecular weight excluding hydrogens is 476 g/mol. The summed E-state index contributed by atoms with van der Waals surface area (Å²) in [5, 5.41) is 0.737. The molecule has 0 unspecified atom stereocenters. The number of nitrogens with two attached hydrogens (primary N) is 1. The van der Waals surface area contributed by atoms with Crippen molar-refractivity contribution in [2.24, 2.45) is 5.92 Å². The molecule has 1 fully saturated rings. The normalized spacial score (nSPS) is 13.8. The van der Waals surface area contributed by atoms with Crippen molar-refractivity contribution in [3.8, 4) is 34.6 Å². The van der Waals surface area contributed by atoms with Gasteiger partial charge in [0.2, 0.25) is 5.91 Å². The number of carbonyl (C=O) groups is 1. The summed E-state index contributed by atoms with van der Waals surface area (Å²) in [6.07, 6.45) is 6.18. The Balaban J connectivity index is 1.55. The number of pyridine rings is 1. The lowest BCUT2D eigenvalue weighted by molar-refractivity contribution is -0.127. The van der Waals surface area contributed by atoms with E-state index >= 15 is 0 Å². The minimum absolute atomic E-state index is 0.0292. The molecule has 0 spiro atoms. The van der Waals surface area contributed by atoms with Crippen molar-refractivity contribution in [3.05, 3.63) is 73.3 Å². The second-order valence-corrected chi connectivity index (χ2v) is 9.51. The summed E-state index contributed by atoms with van der Waals surface area (Å²) in [6.45, 7) is 9.13. The Morgan fingerprint density at radius 3 is 2.53 bits per heavy atom. The maximum absolute atomic E-state index is 12.0. The van der Waals surface area contributed by atoms with E-state index in [2.05, 4.69) is 46.8 Å². The third-order valence-corrected chi connectivity index (χ3v) is 6.68. The zero-order chi connectivity index (χ0) is 26.6. The molecule has 0 saturated carbocycles. The molecule has 1 amide bonds. The number of amides is 1. The number of ether oxygens (including phenoxy) is 1. The SMILES string of the molecule is C=CC(=O)N1CCC(C#Cc2c(-c3ccc(Oc4ccccc4)cn3)c3c(N)ncnc3n2C(C)C)CC1. The van der Waals surface area contributed by atoms with Gasteiger partial charge >= 0.3 is 0 Å². The number of likely N-dealkylation sites (tertiary alicyclic amines) is 1. The zero-order valence-corrected chi connectivity index (χ0v) is 21.6. The van der Waals surface area contributed by atoms with E-state index in [-0.39, 0.29) is 17.9 Å². The Hall–Kier alpha value is -4.64. The molecule has 0 aliphatic carbocycles. The molecule has 3 aromatic heterocycles. The van der Waals surface area contributed by atoms with Gasteiger partial charge in [0.1, 0.15) is 35.0 Å². The number of hydrogen-bond donors (Lipinski definition) is 1. The number of piperidine rings is 1. The molecule has 38 heavy (non-hydrogen) atoms. The van der Waals surface area contributed by atoms with E-state index in [1.807, 2.05) is 47.4 Å². The fourth-order valence-corrected chi connectivity index (χ4v) is 4.79. The fraction of sp³-hybridized carbons (Fsp3) is 0.267. The van der Waals surface area contributed by atoms with Crippen molar-refractivity contribution >= 4 is 22.8 Å². The Morgan fingerprint density at radius 2 is 1.87 bits per heavy atom. The summed E-state index contributed by atoms with van der Waals surface area (Å²) in [7, 11) is 0. The lowest BCUT2D eigenvalue weighted by Gasteiger charge is -2.28. The summed E-state index contributed by atoms with van der Waals surface area (Å²) in [5.41, 5.74) is 9.45. The van der Waals surface area contributed by atoms with Gasteiger partial charge < -0.3 is 19.9 Å². The molecular formula is C30H30N6O2. The fourth-order valence-electron chi connectivity index (χ4n) is 4.79. The van der Waals surface area contributed by atoms with Crippen molar-refractivity contribution in [1.29, 1.82) is 0 Å². The van der Waals surface area contributed by atoms with Crippen molar-refractivity contribution < 1.29 is 9.53 Å². The maximum atomic E-state index is 12.0. The van der Waals surface area contributed by atoms with Gasteiger partial charge in [0.25, 0.3) is 0 Å².